The molecule has 0 saturated heterocycles. The van der Waals surface area contributed by atoms with Crippen molar-refractivity contribution in [3.05, 3.63) is 77.4 Å². The van der Waals surface area contributed by atoms with Gasteiger partial charge in [0, 0.05) is 11.1 Å². The summed E-state index contributed by atoms with van der Waals surface area (Å²) in [4.78, 5) is 13.1. The van der Waals surface area contributed by atoms with Crippen LogP contribution < -0.4 is 4.74 Å². The van der Waals surface area contributed by atoms with Gasteiger partial charge in [-0.05, 0) is 30.7 Å². The van der Waals surface area contributed by atoms with Gasteiger partial charge in [-0.2, -0.15) is 0 Å². The Morgan fingerprint density at radius 1 is 0.880 bits per heavy atom. The summed E-state index contributed by atoms with van der Waals surface area (Å²) in [5.41, 5.74) is 3.55. The maximum atomic E-state index is 13.1. The zero-order valence-corrected chi connectivity index (χ0v) is 13.4. The number of carbonyl (C=O) groups excluding carboxylic acids is 1. The van der Waals surface area contributed by atoms with Crippen LogP contribution in [0.5, 0.6) is 11.5 Å². The quantitative estimate of drug-likeness (QED) is 0.450. The Hall–Kier alpha value is -3.40. The van der Waals surface area contributed by atoms with Gasteiger partial charge in [-0.3, -0.25) is 4.79 Å². The molecule has 0 amide bonds. The van der Waals surface area contributed by atoms with Gasteiger partial charge in [0.2, 0.25) is 0 Å². The van der Waals surface area contributed by atoms with Crippen LogP contribution in [0.1, 0.15) is 21.5 Å². The van der Waals surface area contributed by atoms with Crippen molar-refractivity contribution >= 4 is 16.7 Å². The summed E-state index contributed by atoms with van der Waals surface area (Å²) in [6, 6.07) is 18.7. The third-order valence-electron chi connectivity index (χ3n) is 4.56. The summed E-state index contributed by atoms with van der Waals surface area (Å²) in [5, 5.41) is 4.82. The second-order valence-electron chi connectivity index (χ2n) is 6.09. The largest absolute Gasteiger partial charge is 0.456 e. The van der Waals surface area contributed by atoms with Crippen LogP contribution in [-0.2, 0) is 0 Å². The van der Waals surface area contributed by atoms with Gasteiger partial charge in [-0.1, -0.05) is 47.6 Å². The maximum absolute atomic E-state index is 13.1. The number of rotatable bonds is 2. The van der Waals surface area contributed by atoms with E-state index in [-0.39, 0.29) is 5.78 Å². The first-order chi connectivity index (χ1) is 12.2. The highest BCUT2D eigenvalue weighted by atomic mass is 16.5. The third kappa shape index (κ3) is 1.94. The van der Waals surface area contributed by atoms with Gasteiger partial charge >= 0.3 is 0 Å². The number of ketones is 1. The molecule has 120 valence electrons. The number of hydrogen-bond acceptors (Lipinski definition) is 4. The summed E-state index contributed by atoms with van der Waals surface area (Å²) in [7, 11) is 0. The van der Waals surface area contributed by atoms with Crippen molar-refractivity contribution in [1.82, 2.24) is 5.16 Å². The summed E-state index contributed by atoms with van der Waals surface area (Å²) in [6.45, 7) is 1.97. The molecule has 0 unspecified atom stereocenters. The van der Waals surface area contributed by atoms with Crippen molar-refractivity contribution in [2.45, 2.75) is 6.92 Å². The number of ether oxygens (including phenoxy) is 1. The van der Waals surface area contributed by atoms with E-state index in [1.165, 1.54) is 0 Å². The van der Waals surface area contributed by atoms with E-state index in [9.17, 15) is 4.79 Å². The van der Waals surface area contributed by atoms with E-state index in [2.05, 4.69) is 5.16 Å². The minimum absolute atomic E-state index is 0.0690. The summed E-state index contributed by atoms with van der Waals surface area (Å²) in [6.07, 6.45) is 0. The topological polar surface area (TPSA) is 52.3 Å². The Kier molecular flexibility index (Phi) is 2.82. The van der Waals surface area contributed by atoms with Gasteiger partial charge in [-0.25, -0.2) is 0 Å². The molecule has 4 heteroatoms. The van der Waals surface area contributed by atoms with E-state index in [0.717, 1.165) is 22.3 Å². The molecule has 4 aromatic rings. The van der Waals surface area contributed by atoms with E-state index in [0.29, 0.717) is 28.2 Å². The van der Waals surface area contributed by atoms with E-state index in [1.54, 1.807) is 12.1 Å². The molecule has 0 aliphatic heterocycles. The number of fused-ring (bicyclic) bond motifs is 2. The Morgan fingerprint density at radius 3 is 2.48 bits per heavy atom. The number of carbonyl (C=O) groups is 1. The van der Waals surface area contributed by atoms with Gasteiger partial charge in [-0.15, -0.1) is 0 Å². The number of aromatic nitrogens is 1. The molecule has 5 rings (SSSR count). The monoisotopic (exact) mass is 327 g/mol. The van der Waals surface area contributed by atoms with Gasteiger partial charge in [0.15, 0.2) is 11.5 Å². The second-order valence-corrected chi connectivity index (χ2v) is 6.09. The minimum atomic E-state index is -0.0690. The number of nitrogens with zero attached hydrogens (tertiary/aromatic N) is 1. The maximum Gasteiger partial charge on any atom is 0.198 e. The van der Waals surface area contributed by atoms with Gasteiger partial charge in [0.05, 0.1) is 10.9 Å². The second kappa shape index (κ2) is 5.05. The molecule has 3 aromatic carbocycles. The molecule has 0 atom stereocenters. The first-order valence-electron chi connectivity index (χ1n) is 8.04. The Labute approximate surface area is 143 Å². The average molecular weight is 327 g/mol. The molecule has 0 N–H and O–H groups in total. The van der Waals surface area contributed by atoms with E-state index in [4.69, 9.17) is 9.26 Å². The van der Waals surface area contributed by atoms with Crippen LogP contribution in [0.2, 0.25) is 0 Å². The lowest BCUT2D eigenvalue weighted by Crippen LogP contribution is -2.10. The number of hydrogen-bond donors (Lipinski definition) is 0. The Balaban J connectivity index is 1.78. The predicted molar refractivity (Wildman–Crippen MR) is 94.1 cm³/mol. The lowest BCUT2D eigenvalue weighted by atomic mass is 9.87. The van der Waals surface area contributed by atoms with E-state index in [1.807, 2.05) is 55.5 Å². The molecular weight excluding hydrogens is 314 g/mol. The molecular formula is C21H13NO3. The fourth-order valence-electron chi connectivity index (χ4n) is 3.32. The molecule has 0 spiro atoms. The lowest BCUT2D eigenvalue weighted by Gasteiger charge is -2.17. The Morgan fingerprint density at radius 2 is 1.64 bits per heavy atom. The summed E-state index contributed by atoms with van der Waals surface area (Å²) < 4.78 is 11.6. The number of para-hydroxylation sites is 1. The van der Waals surface area contributed by atoms with E-state index < -0.39 is 0 Å². The predicted octanol–water partition coefficient (Wildman–Crippen LogP) is 5.14. The van der Waals surface area contributed by atoms with Crippen molar-refractivity contribution in [1.29, 1.82) is 0 Å². The SMILES string of the molecule is Cc1ccccc1Oc1ccc2noc3c2c1C(=O)c1ccccc1-3. The molecule has 0 radical (unpaired) electrons. The molecule has 0 bridgehead atoms. The van der Waals surface area contributed by atoms with Crippen LogP contribution in [0.3, 0.4) is 0 Å². The van der Waals surface area contributed by atoms with Gasteiger partial charge < -0.3 is 9.26 Å². The lowest BCUT2D eigenvalue weighted by molar-refractivity contribution is 0.103. The first kappa shape index (κ1) is 14.0. The van der Waals surface area contributed by atoms with Crippen molar-refractivity contribution in [3.63, 3.8) is 0 Å². The standard InChI is InChI=1S/C21H13NO3/c1-12-6-2-5-9-16(12)24-17-11-10-15-18-19(17)20(23)13-7-3-4-8-14(13)21(18)25-22-15/h2-11H,1H3. The molecule has 0 fully saturated rings. The highest BCUT2D eigenvalue weighted by Gasteiger charge is 2.31. The zero-order valence-electron chi connectivity index (χ0n) is 13.4. The van der Waals surface area contributed by atoms with Crippen molar-refractivity contribution in [2.24, 2.45) is 0 Å². The van der Waals surface area contributed by atoms with Crippen molar-refractivity contribution in [3.8, 4) is 22.8 Å². The van der Waals surface area contributed by atoms with Gasteiger partial charge in [0.25, 0.3) is 0 Å². The molecule has 0 saturated carbocycles. The van der Waals surface area contributed by atoms with Crippen LogP contribution in [0, 0.1) is 6.92 Å². The molecule has 4 nitrogen and oxygen atoms in total. The molecule has 1 heterocycles. The summed E-state index contributed by atoms with van der Waals surface area (Å²) >= 11 is 0. The van der Waals surface area contributed by atoms with Crippen LogP contribution in [0.25, 0.3) is 22.2 Å². The number of benzene rings is 3. The fraction of sp³-hybridized carbons (Fsp3) is 0.0476. The summed E-state index contributed by atoms with van der Waals surface area (Å²) in [5.74, 6) is 1.80. The smallest absolute Gasteiger partial charge is 0.198 e. The van der Waals surface area contributed by atoms with Crippen LogP contribution in [0.15, 0.2) is 65.2 Å². The zero-order chi connectivity index (χ0) is 17.0. The van der Waals surface area contributed by atoms with Crippen molar-refractivity contribution < 1.29 is 14.1 Å². The van der Waals surface area contributed by atoms with Crippen molar-refractivity contribution in [2.75, 3.05) is 0 Å². The molecule has 1 aliphatic carbocycles. The first-order valence-corrected chi connectivity index (χ1v) is 8.04. The van der Waals surface area contributed by atoms with Gasteiger partial charge in [0.1, 0.15) is 17.0 Å². The molecule has 25 heavy (non-hydrogen) atoms. The van der Waals surface area contributed by atoms with Crippen LogP contribution >= 0.6 is 0 Å². The average Bonchev–Trinajstić information content (AvgIpc) is 3.07. The van der Waals surface area contributed by atoms with E-state index >= 15 is 0 Å². The minimum Gasteiger partial charge on any atom is -0.456 e. The highest BCUT2D eigenvalue weighted by Crippen LogP contribution is 2.43. The molecule has 1 aromatic heterocycles. The number of aryl methyl sites for hydroxylation is 1. The third-order valence-corrected chi connectivity index (χ3v) is 4.56. The highest BCUT2D eigenvalue weighted by molar-refractivity contribution is 6.26. The normalized spacial score (nSPS) is 12.3. The fourth-order valence-corrected chi connectivity index (χ4v) is 3.32. The molecule has 1 aliphatic rings. The van der Waals surface area contributed by atoms with Crippen LogP contribution in [-0.4, -0.2) is 10.9 Å². The Bertz CT molecular complexity index is 1160. The van der Waals surface area contributed by atoms with Crippen LogP contribution in [0.4, 0.5) is 0 Å².